The third-order valence-corrected chi connectivity index (χ3v) is 4.77. The van der Waals surface area contributed by atoms with Crippen LogP contribution in [-0.2, 0) is 16.1 Å². The summed E-state index contributed by atoms with van der Waals surface area (Å²) in [5.41, 5.74) is 3.37. The second-order valence-electron chi connectivity index (χ2n) is 7.16. The van der Waals surface area contributed by atoms with Crippen LogP contribution in [0.5, 0.6) is 5.75 Å². The maximum Gasteiger partial charge on any atom is 0.339 e. The lowest BCUT2D eigenvalue weighted by atomic mass is 9.96. The number of rotatable bonds is 7. The van der Waals surface area contributed by atoms with Crippen LogP contribution in [0, 0.1) is 0 Å². The molecule has 27 heavy (non-hydrogen) atoms. The summed E-state index contributed by atoms with van der Waals surface area (Å²) in [4.78, 5) is 11.7. The van der Waals surface area contributed by atoms with Crippen molar-refractivity contribution < 1.29 is 19.4 Å². The Bertz CT molecular complexity index is 799. The maximum absolute atomic E-state index is 11.7. The first kappa shape index (κ1) is 21.3. The van der Waals surface area contributed by atoms with Gasteiger partial charge in [0.1, 0.15) is 12.4 Å². The number of halogens is 1. The fourth-order valence-electron chi connectivity index (χ4n) is 2.87. The van der Waals surface area contributed by atoms with E-state index in [9.17, 15) is 9.90 Å². The van der Waals surface area contributed by atoms with Crippen LogP contribution in [0.25, 0.3) is 0 Å². The fraction of sp³-hybridized carbons (Fsp3) is 0.409. The Kier molecular flexibility index (Phi) is 7.28. The van der Waals surface area contributed by atoms with E-state index >= 15 is 0 Å². The van der Waals surface area contributed by atoms with Crippen LogP contribution in [0.4, 0.5) is 0 Å². The quantitative estimate of drug-likeness (QED) is 0.645. The van der Waals surface area contributed by atoms with E-state index < -0.39 is 12.1 Å². The van der Waals surface area contributed by atoms with Gasteiger partial charge in [-0.1, -0.05) is 57.5 Å². The van der Waals surface area contributed by atoms with E-state index in [0.717, 1.165) is 11.3 Å². The summed E-state index contributed by atoms with van der Waals surface area (Å²) in [6.07, 6.45) is -1.38. The molecular weight excluding hydrogens is 364 g/mol. The van der Waals surface area contributed by atoms with Gasteiger partial charge in [0.15, 0.2) is 6.10 Å². The van der Waals surface area contributed by atoms with Gasteiger partial charge in [0.25, 0.3) is 0 Å². The summed E-state index contributed by atoms with van der Waals surface area (Å²) in [5.74, 6) is 0.773. The molecule has 0 amide bonds. The third kappa shape index (κ3) is 5.24. The second kappa shape index (κ2) is 9.25. The Morgan fingerprint density at radius 3 is 2.30 bits per heavy atom. The van der Waals surface area contributed by atoms with Gasteiger partial charge in [0.05, 0.1) is 7.11 Å². The Labute approximate surface area is 166 Å². The Morgan fingerprint density at radius 2 is 1.70 bits per heavy atom. The van der Waals surface area contributed by atoms with Gasteiger partial charge in [-0.3, -0.25) is 0 Å². The van der Waals surface area contributed by atoms with Gasteiger partial charge >= 0.3 is 5.97 Å². The number of carbonyl (C=O) groups excluding carboxylic acids is 1. The zero-order chi connectivity index (χ0) is 20.1. The van der Waals surface area contributed by atoms with Crippen LogP contribution >= 0.6 is 11.6 Å². The van der Waals surface area contributed by atoms with Crippen molar-refractivity contribution in [3.05, 3.63) is 63.7 Å². The molecule has 1 atom stereocenters. The normalized spacial score (nSPS) is 12.3. The minimum atomic E-state index is -1.38. The molecule has 0 saturated heterocycles. The molecule has 146 valence electrons. The summed E-state index contributed by atoms with van der Waals surface area (Å²) >= 11 is 6.11. The van der Waals surface area contributed by atoms with Gasteiger partial charge in [0.2, 0.25) is 0 Å². The summed E-state index contributed by atoms with van der Waals surface area (Å²) in [6.45, 7) is 8.68. The smallest absolute Gasteiger partial charge is 0.339 e. The largest absolute Gasteiger partial charge is 0.489 e. The standard InChI is InChI=1S/C22H27ClO4/c1-13(2)15-6-8-18(14(3)4)20(11-15)27-12-16-10-17(23)7-9-19(16)21(24)22(25)26-5/h6-11,13-14,21,24H,12H2,1-5H3. The van der Waals surface area contributed by atoms with Crippen LogP contribution in [0.2, 0.25) is 5.02 Å². The third-order valence-electron chi connectivity index (χ3n) is 4.53. The number of ether oxygens (including phenoxy) is 2. The van der Waals surface area contributed by atoms with E-state index in [1.54, 1.807) is 18.2 Å². The number of benzene rings is 2. The molecule has 0 spiro atoms. The SMILES string of the molecule is COC(=O)C(O)c1ccc(Cl)cc1COc1cc(C(C)C)ccc1C(C)C. The first-order valence-corrected chi connectivity index (χ1v) is 9.43. The summed E-state index contributed by atoms with van der Waals surface area (Å²) in [7, 11) is 1.24. The van der Waals surface area contributed by atoms with Gasteiger partial charge in [-0.05, 0) is 52.3 Å². The topological polar surface area (TPSA) is 55.8 Å². The molecule has 0 fully saturated rings. The van der Waals surface area contributed by atoms with Crippen LogP contribution in [-0.4, -0.2) is 18.2 Å². The molecule has 2 aromatic carbocycles. The molecule has 0 saturated carbocycles. The average Bonchev–Trinajstić information content (AvgIpc) is 2.64. The van der Waals surface area contributed by atoms with E-state index in [2.05, 4.69) is 50.6 Å². The van der Waals surface area contributed by atoms with Crippen molar-refractivity contribution in [3.63, 3.8) is 0 Å². The van der Waals surface area contributed by atoms with Gasteiger partial charge in [-0.25, -0.2) is 4.79 Å². The molecule has 5 heteroatoms. The number of aliphatic hydroxyl groups is 1. The summed E-state index contributed by atoms with van der Waals surface area (Å²) < 4.78 is 10.8. The number of aliphatic hydroxyl groups excluding tert-OH is 1. The number of carbonyl (C=O) groups is 1. The Hall–Kier alpha value is -2.04. The van der Waals surface area contributed by atoms with Crippen molar-refractivity contribution in [1.82, 2.24) is 0 Å². The van der Waals surface area contributed by atoms with E-state index in [4.69, 9.17) is 16.3 Å². The van der Waals surface area contributed by atoms with Crippen LogP contribution in [0.1, 0.15) is 67.9 Å². The molecule has 2 aromatic rings. The monoisotopic (exact) mass is 390 g/mol. The first-order chi connectivity index (χ1) is 12.7. The second-order valence-corrected chi connectivity index (χ2v) is 7.60. The highest BCUT2D eigenvalue weighted by Gasteiger charge is 2.22. The van der Waals surface area contributed by atoms with Gasteiger partial charge in [-0.2, -0.15) is 0 Å². The molecule has 0 aliphatic carbocycles. The predicted octanol–water partition coefficient (Wildman–Crippen LogP) is 5.37. The fourth-order valence-corrected chi connectivity index (χ4v) is 3.07. The molecule has 0 aliphatic rings. The Morgan fingerprint density at radius 1 is 1.04 bits per heavy atom. The highest BCUT2D eigenvalue weighted by Crippen LogP contribution is 2.32. The highest BCUT2D eigenvalue weighted by molar-refractivity contribution is 6.30. The van der Waals surface area contributed by atoms with Crippen molar-refractivity contribution in [3.8, 4) is 5.75 Å². The van der Waals surface area contributed by atoms with Gasteiger partial charge in [-0.15, -0.1) is 0 Å². The average molecular weight is 391 g/mol. The minimum absolute atomic E-state index is 0.186. The maximum atomic E-state index is 11.7. The molecule has 1 N–H and O–H groups in total. The lowest BCUT2D eigenvalue weighted by Crippen LogP contribution is -2.16. The molecule has 4 nitrogen and oxygen atoms in total. The van der Waals surface area contributed by atoms with E-state index in [1.165, 1.54) is 12.7 Å². The predicted molar refractivity (Wildman–Crippen MR) is 107 cm³/mol. The molecule has 0 aromatic heterocycles. The molecule has 0 radical (unpaired) electrons. The summed E-state index contributed by atoms with van der Waals surface area (Å²) in [5, 5.41) is 10.8. The lowest BCUT2D eigenvalue weighted by molar-refractivity contribution is -0.150. The molecule has 0 heterocycles. The van der Waals surface area contributed by atoms with Crippen molar-refractivity contribution in [2.75, 3.05) is 7.11 Å². The number of esters is 1. The van der Waals surface area contributed by atoms with Gasteiger partial charge in [0, 0.05) is 5.02 Å². The zero-order valence-electron chi connectivity index (χ0n) is 16.5. The van der Waals surface area contributed by atoms with Crippen molar-refractivity contribution in [2.24, 2.45) is 0 Å². The summed E-state index contributed by atoms with van der Waals surface area (Å²) in [6, 6.07) is 11.2. The number of methoxy groups -OCH3 is 1. The van der Waals surface area contributed by atoms with E-state index in [-0.39, 0.29) is 6.61 Å². The zero-order valence-corrected chi connectivity index (χ0v) is 17.2. The van der Waals surface area contributed by atoms with Crippen molar-refractivity contribution >= 4 is 17.6 Å². The Balaban J connectivity index is 2.35. The molecule has 0 aliphatic heterocycles. The molecule has 2 rings (SSSR count). The number of hydrogen-bond acceptors (Lipinski definition) is 4. The molecule has 0 bridgehead atoms. The van der Waals surface area contributed by atoms with Gasteiger partial charge < -0.3 is 14.6 Å². The van der Waals surface area contributed by atoms with Crippen molar-refractivity contribution in [1.29, 1.82) is 0 Å². The van der Waals surface area contributed by atoms with Crippen LogP contribution in [0.15, 0.2) is 36.4 Å². The molecule has 1 unspecified atom stereocenters. The highest BCUT2D eigenvalue weighted by atomic mass is 35.5. The minimum Gasteiger partial charge on any atom is -0.489 e. The first-order valence-electron chi connectivity index (χ1n) is 9.05. The number of hydrogen-bond donors (Lipinski definition) is 1. The lowest BCUT2D eigenvalue weighted by Gasteiger charge is -2.19. The van der Waals surface area contributed by atoms with Crippen LogP contribution < -0.4 is 4.74 Å². The van der Waals surface area contributed by atoms with Crippen LogP contribution in [0.3, 0.4) is 0 Å². The van der Waals surface area contributed by atoms with Crippen molar-refractivity contribution in [2.45, 2.75) is 52.2 Å². The van der Waals surface area contributed by atoms with E-state index in [1.807, 2.05) is 0 Å². The van der Waals surface area contributed by atoms with E-state index in [0.29, 0.717) is 28.0 Å². The molecular formula is C22H27ClO4.